The number of aryl methyl sites for hydroxylation is 2. The predicted octanol–water partition coefficient (Wildman–Crippen LogP) is 0.753. The number of aromatic nitrogens is 2. The highest BCUT2D eigenvalue weighted by atomic mass is 16.3. The molecule has 5 heteroatoms. The normalized spacial score (nSPS) is 17.4. The Morgan fingerprint density at radius 2 is 1.89 bits per heavy atom. The zero-order valence-electron chi connectivity index (χ0n) is 11.7. The third-order valence-corrected chi connectivity index (χ3v) is 3.68. The standard InChI is InChI=1S/C13H24N4O/c1-4-5-16-6-8-17(9-7-16)13-12(10-18)11(2)14-15(13)3/h18H,4-10H2,1-3H3. The van der Waals surface area contributed by atoms with E-state index in [4.69, 9.17) is 0 Å². The number of rotatable bonds is 4. The van der Waals surface area contributed by atoms with Crippen molar-refractivity contribution in [2.75, 3.05) is 37.6 Å². The summed E-state index contributed by atoms with van der Waals surface area (Å²) >= 11 is 0. The van der Waals surface area contributed by atoms with Gasteiger partial charge in [-0.25, -0.2) is 0 Å². The second kappa shape index (κ2) is 5.71. The minimum atomic E-state index is 0.0736. The van der Waals surface area contributed by atoms with Crippen molar-refractivity contribution in [3.05, 3.63) is 11.3 Å². The van der Waals surface area contributed by atoms with Gasteiger partial charge in [0, 0.05) is 38.8 Å². The molecule has 0 unspecified atom stereocenters. The molecule has 1 aromatic heterocycles. The lowest BCUT2D eigenvalue weighted by molar-refractivity contribution is 0.255. The molecule has 1 N–H and O–H groups in total. The summed E-state index contributed by atoms with van der Waals surface area (Å²) in [5.41, 5.74) is 1.91. The van der Waals surface area contributed by atoms with Gasteiger partial charge in [0.15, 0.2) is 0 Å². The van der Waals surface area contributed by atoms with Crippen LogP contribution in [0, 0.1) is 6.92 Å². The molecular weight excluding hydrogens is 228 g/mol. The van der Waals surface area contributed by atoms with Crippen LogP contribution in [-0.2, 0) is 13.7 Å². The van der Waals surface area contributed by atoms with Crippen molar-refractivity contribution in [1.29, 1.82) is 0 Å². The quantitative estimate of drug-likeness (QED) is 0.859. The summed E-state index contributed by atoms with van der Waals surface area (Å²) in [4.78, 5) is 4.84. The first-order valence-electron chi connectivity index (χ1n) is 6.78. The van der Waals surface area contributed by atoms with Crippen molar-refractivity contribution in [2.45, 2.75) is 26.9 Å². The molecular formula is C13H24N4O. The Hall–Kier alpha value is -1.07. The highest BCUT2D eigenvalue weighted by Gasteiger charge is 2.22. The van der Waals surface area contributed by atoms with Crippen molar-refractivity contribution >= 4 is 5.82 Å². The topological polar surface area (TPSA) is 44.5 Å². The predicted molar refractivity (Wildman–Crippen MR) is 72.8 cm³/mol. The Bertz CT molecular complexity index is 394. The van der Waals surface area contributed by atoms with E-state index >= 15 is 0 Å². The molecule has 0 aliphatic carbocycles. The maximum absolute atomic E-state index is 9.49. The third kappa shape index (κ3) is 2.52. The summed E-state index contributed by atoms with van der Waals surface area (Å²) in [6.07, 6.45) is 1.21. The lowest BCUT2D eigenvalue weighted by Gasteiger charge is -2.36. The van der Waals surface area contributed by atoms with Crippen LogP contribution in [-0.4, -0.2) is 52.5 Å². The van der Waals surface area contributed by atoms with Crippen LogP contribution in [0.2, 0.25) is 0 Å². The van der Waals surface area contributed by atoms with Crippen LogP contribution in [0.4, 0.5) is 5.82 Å². The van der Waals surface area contributed by atoms with E-state index in [2.05, 4.69) is 21.8 Å². The van der Waals surface area contributed by atoms with E-state index < -0.39 is 0 Å². The molecule has 0 bridgehead atoms. The molecule has 0 atom stereocenters. The molecule has 1 aromatic rings. The molecule has 2 heterocycles. The van der Waals surface area contributed by atoms with Crippen molar-refractivity contribution in [1.82, 2.24) is 14.7 Å². The first-order chi connectivity index (χ1) is 8.67. The van der Waals surface area contributed by atoms with E-state index in [1.807, 2.05) is 18.7 Å². The second-order valence-electron chi connectivity index (χ2n) is 5.00. The first-order valence-corrected chi connectivity index (χ1v) is 6.78. The number of anilines is 1. The van der Waals surface area contributed by atoms with Gasteiger partial charge in [-0.1, -0.05) is 6.92 Å². The largest absolute Gasteiger partial charge is 0.391 e. The molecule has 1 aliphatic heterocycles. The van der Waals surface area contributed by atoms with Crippen LogP contribution >= 0.6 is 0 Å². The van der Waals surface area contributed by atoms with Gasteiger partial charge in [0.2, 0.25) is 0 Å². The smallest absolute Gasteiger partial charge is 0.132 e. The van der Waals surface area contributed by atoms with Gasteiger partial charge < -0.3 is 10.0 Å². The van der Waals surface area contributed by atoms with Crippen LogP contribution in [0.5, 0.6) is 0 Å². The maximum Gasteiger partial charge on any atom is 0.132 e. The zero-order valence-corrected chi connectivity index (χ0v) is 11.7. The van der Waals surface area contributed by atoms with E-state index in [9.17, 15) is 5.11 Å². The maximum atomic E-state index is 9.49. The summed E-state index contributed by atoms with van der Waals surface area (Å²) in [5.74, 6) is 1.09. The Morgan fingerprint density at radius 3 is 2.44 bits per heavy atom. The lowest BCUT2D eigenvalue weighted by atomic mass is 10.2. The van der Waals surface area contributed by atoms with Gasteiger partial charge in [0.25, 0.3) is 0 Å². The molecule has 5 nitrogen and oxygen atoms in total. The van der Waals surface area contributed by atoms with Gasteiger partial charge >= 0.3 is 0 Å². The first kappa shape index (κ1) is 13.4. The van der Waals surface area contributed by atoms with Crippen LogP contribution in [0.25, 0.3) is 0 Å². The summed E-state index contributed by atoms with van der Waals surface area (Å²) < 4.78 is 1.90. The van der Waals surface area contributed by atoms with Gasteiger partial charge in [-0.2, -0.15) is 5.10 Å². The third-order valence-electron chi connectivity index (χ3n) is 3.68. The van der Waals surface area contributed by atoms with E-state index in [-0.39, 0.29) is 6.61 Å². The van der Waals surface area contributed by atoms with Crippen LogP contribution in [0.1, 0.15) is 24.6 Å². The van der Waals surface area contributed by atoms with E-state index in [0.717, 1.165) is 43.3 Å². The number of piperazine rings is 1. The minimum Gasteiger partial charge on any atom is -0.391 e. The Morgan fingerprint density at radius 1 is 1.22 bits per heavy atom. The van der Waals surface area contributed by atoms with Crippen LogP contribution in [0.15, 0.2) is 0 Å². The molecule has 0 aromatic carbocycles. The SMILES string of the molecule is CCCN1CCN(c2c(CO)c(C)nn2C)CC1. The zero-order chi connectivity index (χ0) is 13.1. The highest BCUT2D eigenvalue weighted by molar-refractivity contribution is 5.50. The molecule has 1 saturated heterocycles. The molecule has 0 saturated carbocycles. The van der Waals surface area contributed by atoms with Crippen molar-refractivity contribution in [3.63, 3.8) is 0 Å². The van der Waals surface area contributed by atoms with Crippen molar-refractivity contribution in [2.24, 2.45) is 7.05 Å². The summed E-state index contributed by atoms with van der Waals surface area (Å²) in [5, 5.41) is 13.9. The molecule has 1 fully saturated rings. The van der Waals surface area contributed by atoms with E-state index in [0.29, 0.717) is 0 Å². The molecule has 0 spiro atoms. The number of aliphatic hydroxyl groups excluding tert-OH is 1. The summed E-state index contributed by atoms with van der Waals surface area (Å²) in [6, 6.07) is 0. The molecule has 0 radical (unpaired) electrons. The summed E-state index contributed by atoms with van der Waals surface area (Å²) in [7, 11) is 1.96. The number of nitrogens with zero attached hydrogens (tertiary/aromatic N) is 4. The summed E-state index contributed by atoms with van der Waals surface area (Å²) in [6.45, 7) is 9.68. The van der Waals surface area contributed by atoms with Gasteiger partial charge in [-0.3, -0.25) is 9.58 Å². The number of aliphatic hydroxyl groups is 1. The fourth-order valence-electron chi connectivity index (χ4n) is 2.77. The molecule has 102 valence electrons. The molecule has 0 amide bonds. The van der Waals surface area contributed by atoms with Gasteiger partial charge in [0.1, 0.15) is 5.82 Å². The Balaban J connectivity index is 2.09. The molecule has 2 rings (SSSR count). The van der Waals surface area contributed by atoms with Gasteiger partial charge in [-0.05, 0) is 19.9 Å². The molecule has 1 aliphatic rings. The number of hydrogen-bond donors (Lipinski definition) is 1. The molecule has 18 heavy (non-hydrogen) atoms. The van der Waals surface area contributed by atoms with Gasteiger partial charge in [0.05, 0.1) is 12.3 Å². The van der Waals surface area contributed by atoms with E-state index in [1.165, 1.54) is 13.0 Å². The Labute approximate surface area is 109 Å². The monoisotopic (exact) mass is 252 g/mol. The van der Waals surface area contributed by atoms with Crippen LogP contribution < -0.4 is 4.90 Å². The number of hydrogen-bond acceptors (Lipinski definition) is 4. The average Bonchev–Trinajstić information content (AvgIpc) is 2.65. The fraction of sp³-hybridized carbons (Fsp3) is 0.769. The second-order valence-corrected chi connectivity index (χ2v) is 5.00. The van der Waals surface area contributed by atoms with Crippen molar-refractivity contribution < 1.29 is 5.11 Å². The highest BCUT2D eigenvalue weighted by Crippen LogP contribution is 2.24. The van der Waals surface area contributed by atoms with E-state index in [1.54, 1.807) is 0 Å². The Kier molecular flexibility index (Phi) is 4.24. The fourth-order valence-corrected chi connectivity index (χ4v) is 2.77. The van der Waals surface area contributed by atoms with Crippen LogP contribution in [0.3, 0.4) is 0 Å². The van der Waals surface area contributed by atoms with Crippen molar-refractivity contribution in [3.8, 4) is 0 Å². The van der Waals surface area contributed by atoms with Gasteiger partial charge in [-0.15, -0.1) is 0 Å². The minimum absolute atomic E-state index is 0.0736. The average molecular weight is 252 g/mol. The lowest BCUT2D eigenvalue weighted by Crippen LogP contribution is -2.47.